The molecule has 1 aromatic heterocycles. The number of carbonyl (C=O) groups is 1. The number of piperazine rings is 1. The molecule has 156 valence electrons. The first-order chi connectivity index (χ1) is 14.6. The van der Waals surface area contributed by atoms with Crippen molar-refractivity contribution < 1.29 is 13.7 Å². The summed E-state index contributed by atoms with van der Waals surface area (Å²) in [6, 6.07) is 14.2. The number of benzene rings is 2. The Balaban J connectivity index is 1.22. The number of aromatic nitrogens is 2. The minimum atomic E-state index is -0.463. The molecule has 4 rings (SSSR count). The van der Waals surface area contributed by atoms with Crippen LogP contribution in [0.2, 0.25) is 0 Å². The maximum atomic E-state index is 13.8. The quantitative estimate of drug-likeness (QED) is 0.624. The Morgan fingerprint density at radius 1 is 1.07 bits per heavy atom. The topological polar surface area (TPSA) is 62.5 Å². The van der Waals surface area contributed by atoms with Gasteiger partial charge in [-0.3, -0.25) is 9.69 Å². The van der Waals surface area contributed by atoms with Crippen LogP contribution in [-0.2, 0) is 6.42 Å². The Bertz CT molecular complexity index is 994. The molecule has 6 nitrogen and oxygen atoms in total. The summed E-state index contributed by atoms with van der Waals surface area (Å²) in [5.41, 5.74) is 2.29. The second kappa shape index (κ2) is 9.17. The lowest BCUT2D eigenvalue weighted by Gasteiger charge is -2.34. The molecule has 1 fully saturated rings. The first-order valence-electron chi connectivity index (χ1n) is 10.3. The van der Waals surface area contributed by atoms with Gasteiger partial charge in [-0.2, -0.15) is 4.98 Å². The predicted octanol–water partition coefficient (Wildman–Crippen LogP) is 3.57. The lowest BCUT2D eigenvalue weighted by atomic mass is 10.1. The van der Waals surface area contributed by atoms with Crippen molar-refractivity contribution in [2.45, 2.75) is 19.8 Å². The van der Waals surface area contributed by atoms with Crippen molar-refractivity contribution in [1.82, 2.24) is 19.9 Å². The zero-order valence-corrected chi connectivity index (χ0v) is 17.1. The van der Waals surface area contributed by atoms with Crippen LogP contribution in [0.4, 0.5) is 4.39 Å². The summed E-state index contributed by atoms with van der Waals surface area (Å²) in [5, 5.41) is 4.07. The molecule has 1 aliphatic heterocycles. The van der Waals surface area contributed by atoms with Gasteiger partial charge in [-0.15, -0.1) is 0 Å². The van der Waals surface area contributed by atoms with Gasteiger partial charge in [0.1, 0.15) is 5.82 Å². The van der Waals surface area contributed by atoms with Gasteiger partial charge in [-0.05, 0) is 32.0 Å². The van der Waals surface area contributed by atoms with Gasteiger partial charge in [-0.25, -0.2) is 4.39 Å². The highest BCUT2D eigenvalue weighted by Gasteiger charge is 2.23. The first-order valence-corrected chi connectivity index (χ1v) is 10.3. The number of hydrogen-bond acceptors (Lipinski definition) is 5. The van der Waals surface area contributed by atoms with Gasteiger partial charge in [0, 0.05) is 38.2 Å². The Morgan fingerprint density at radius 2 is 1.80 bits per heavy atom. The Kier molecular flexibility index (Phi) is 6.18. The maximum absolute atomic E-state index is 13.8. The van der Waals surface area contributed by atoms with E-state index in [9.17, 15) is 9.18 Å². The van der Waals surface area contributed by atoms with E-state index in [2.05, 4.69) is 15.0 Å². The standard InChI is InChI=1S/C23H25FN4O2/c1-17-8-10-18(11-9-17)22-25-21(30-26-22)7-4-12-27-13-15-28(16-14-27)23(29)19-5-2-3-6-20(19)24/h2-3,5-6,8-11H,4,7,12-16H2,1H3. The van der Waals surface area contributed by atoms with Crippen LogP contribution < -0.4 is 0 Å². The van der Waals surface area contributed by atoms with Crippen LogP contribution in [0, 0.1) is 12.7 Å². The molecule has 0 aliphatic carbocycles. The number of aryl methyl sites for hydroxylation is 2. The van der Waals surface area contributed by atoms with Gasteiger partial charge in [-0.1, -0.05) is 47.1 Å². The van der Waals surface area contributed by atoms with Crippen LogP contribution in [0.25, 0.3) is 11.4 Å². The zero-order valence-electron chi connectivity index (χ0n) is 17.1. The summed E-state index contributed by atoms with van der Waals surface area (Å²) in [5.74, 6) is 0.556. The van der Waals surface area contributed by atoms with Gasteiger partial charge in [0.2, 0.25) is 11.7 Å². The molecular weight excluding hydrogens is 383 g/mol. The Labute approximate surface area is 175 Å². The smallest absolute Gasteiger partial charge is 0.256 e. The van der Waals surface area contributed by atoms with E-state index in [0.29, 0.717) is 31.2 Å². The summed E-state index contributed by atoms with van der Waals surface area (Å²) in [6.07, 6.45) is 1.62. The highest BCUT2D eigenvalue weighted by molar-refractivity contribution is 5.94. The van der Waals surface area contributed by atoms with Crippen LogP contribution in [-0.4, -0.2) is 58.6 Å². The van der Waals surface area contributed by atoms with Crippen molar-refractivity contribution in [2.24, 2.45) is 0 Å². The lowest BCUT2D eigenvalue weighted by Crippen LogP contribution is -2.49. The van der Waals surface area contributed by atoms with E-state index in [1.165, 1.54) is 11.6 Å². The van der Waals surface area contributed by atoms with Crippen molar-refractivity contribution in [3.63, 3.8) is 0 Å². The third-order valence-corrected chi connectivity index (χ3v) is 5.41. The third kappa shape index (κ3) is 4.74. The molecule has 2 heterocycles. The van der Waals surface area contributed by atoms with Crippen LogP contribution in [0.1, 0.15) is 28.2 Å². The zero-order chi connectivity index (χ0) is 20.9. The van der Waals surface area contributed by atoms with Crippen molar-refractivity contribution >= 4 is 5.91 Å². The minimum Gasteiger partial charge on any atom is -0.339 e. The van der Waals surface area contributed by atoms with Crippen molar-refractivity contribution in [3.8, 4) is 11.4 Å². The SMILES string of the molecule is Cc1ccc(-c2noc(CCCN3CCN(C(=O)c4ccccc4F)CC3)n2)cc1. The average molecular weight is 408 g/mol. The maximum Gasteiger partial charge on any atom is 0.256 e. The lowest BCUT2D eigenvalue weighted by molar-refractivity contribution is 0.0631. The van der Waals surface area contributed by atoms with Crippen LogP contribution in [0.5, 0.6) is 0 Å². The normalized spacial score (nSPS) is 14.8. The average Bonchev–Trinajstić information content (AvgIpc) is 3.23. The van der Waals surface area contributed by atoms with Crippen molar-refractivity contribution in [2.75, 3.05) is 32.7 Å². The molecule has 1 saturated heterocycles. The fraction of sp³-hybridized carbons (Fsp3) is 0.348. The fourth-order valence-corrected chi connectivity index (χ4v) is 3.61. The number of hydrogen-bond donors (Lipinski definition) is 0. The van der Waals surface area contributed by atoms with E-state index in [4.69, 9.17) is 4.52 Å². The van der Waals surface area contributed by atoms with Crippen molar-refractivity contribution in [3.05, 3.63) is 71.4 Å². The van der Waals surface area contributed by atoms with Crippen molar-refractivity contribution in [1.29, 1.82) is 0 Å². The molecule has 0 atom stereocenters. The number of halogens is 1. The van der Waals surface area contributed by atoms with E-state index in [1.807, 2.05) is 31.2 Å². The molecule has 0 bridgehead atoms. The number of rotatable bonds is 6. The molecule has 1 amide bonds. The number of carbonyl (C=O) groups excluding carboxylic acids is 1. The van der Waals surface area contributed by atoms with E-state index >= 15 is 0 Å². The minimum absolute atomic E-state index is 0.145. The fourth-order valence-electron chi connectivity index (χ4n) is 3.61. The largest absolute Gasteiger partial charge is 0.339 e. The highest BCUT2D eigenvalue weighted by atomic mass is 19.1. The van der Waals surface area contributed by atoms with Gasteiger partial charge < -0.3 is 9.42 Å². The Hall–Kier alpha value is -3.06. The molecule has 0 radical (unpaired) electrons. The molecule has 0 unspecified atom stereocenters. The summed E-state index contributed by atoms with van der Waals surface area (Å²) in [4.78, 5) is 21.0. The molecule has 1 aliphatic rings. The molecule has 0 saturated carbocycles. The molecule has 2 aromatic carbocycles. The molecular formula is C23H25FN4O2. The number of amides is 1. The van der Waals surface area contributed by atoms with Gasteiger partial charge in [0.05, 0.1) is 5.56 Å². The molecule has 0 N–H and O–H groups in total. The van der Waals surface area contributed by atoms with Gasteiger partial charge >= 0.3 is 0 Å². The molecule has 0 spiro atoms. The van der Waals surface area contributed by atoms with Gasteiger partial charge in [0.15, 0.2) is 0 Å². The van der Waals surface area contributed by atoms with Crippen LogP contribution >= 0.6 is 0 Å². The summed E-state index contributed by atoms with van der Waals surface area (Å²) in [6.45, 7) is 5.69. The van der Waals surface area contributed by atoms with E-state index in [1.54, 1.807) is 23.1 Å². The summed E-state index contributed by atoms with van der Waals surface area (Å²) >= 11 is 0. The molecule has 7 heteroatoms. The monoisotopic (exact) mass is 408 g/mol. The van der Waals surface area contributed by atoms with E-state index in [0.717, 1.165) is 31.6 Å². The molecule has 3 aromatic rings. The predicted molar refractivity (Wildman–Crippen MR) is 112 cm³/mol. The van der Waals surface area contributed by atoms with Crippen LogP contribution in [0.15, 0.2) is 53.1 Å². The number of nitrogens with zero attached hydrogens (tertiary/aromatic N) is 4. The highest BCUT2D eigenvalue weighted by Crippen LogP contribution is 2.17. The first kappa shape index (κ1) is 20.2. The summed E-state index contributed by atoms with van der Waals surface area (Å²) < 4.78 is 19.2. The molecule has 30 heavy (non-hydrogen) atoms. The Morgan fingerprint density at radius 3 is 2.53 bits per heavy atom. The van der Waals surface area contributed by atoms with E-state index < -0.39 is 5.82 Å². The third-order valence-electron chi connectivity index (χ3n) is 5.41. The summed E-state index contributed by atoms with van der Waals surface area (Å²) in [7, 11) is 0. The second-order valence-corrected chi connectivity index (χ2v) is 7.59. The van der Waals surface area contributed by atoms with Gasteiger partial charge in [0.25, 0.3) is 5.91 Å². The second-order valence-electron chi connectivity index (χ2n) is 7.59. The van der Waals surface area contributed by atoms with E-state index in [-0.39, 0.29) is 11.5 Å². The van der Waals surface area contributed by atoms with Crippen LogP contribution in [0.3, 0.4) is 0 Å².